The second-order valence-corrected chi connectivity index (χ2v) is 5.19. The molecule has 2 saturated carbocycles. The molecule has 2 rings (SSSR count). The fourth-order valence-corrected chi connectivity index (χ4v) is 3.68. The molecular formula is C14H20O3. The van der Waals surface area contributed by atoms with Gasteiger partial charge in [-0.2, -0.15) is 0 Å². The van der Waals surface area contributed by atoms with Gasteiger partial charge < -0.3 is 9.84 Å². The van der Waals surface area contributed by atoms with Crippen molar-refractivity contribution in [3.05, 3.63) is 0 Å². The molecule has 0 unspecified atom stereocenters. The number of fused-ring (bicyclic) bond motifs is 1. The van der Waals surface area contributed by atoms with E-state index in [2.05, 4.69) is 5.92 Å². The quantitative estimate of drug-likeness (QED) is 0.588. The molecule has 0 aromatic heterocycles. The average Bonchev–Trinajstić information content (AvgIpc) is 2.67. The minimum absolute atomic E-state index is 0.205. The highest BCUT2D eigenvalue weighted by Gasteiger charge is 2.63. The summed E-state index contributed by atoms with van der Waals surface area (Å²) in [4.78, 5) is 12.2. The Labute approximate surface area is 103 Å². The first-order chi connectivity index (χ1) is 8.10. The Morgan fingerprint density at radius 2 is 2.18 bits per heavy atom. The van der Waals surface area contributed by atoms with E-state index in [0.29, 0.717) is 25.9 Å². The predicted octanol–water partition coefficient (Wildman–Crippen LogP) is 1.88. The third-order valence-electron chi connectivity index (χ3n) is 4.53. The molecule has 3 heteroatoms. The van der Waals surface area contributed by atoms with Gasteiger partial charge in [0.25, 0.3) is 0 Å². The summed E-state index contributed by atoms with van der Waals surface area (Å²) in [6.45, 7) is 2.15. The van der Waals surface area contributed by atoms with Crippen LogP contribution in [0, 0.1) is 23.7 Å². The first kappa shape index (κ1) is 12.4. The van der Waals surface area contributed by atoms with Crippen molar-refractivity contribution >= 4 is 5.97 Å². The summed E-state index contributed by atoms with van der Waals surface area (Å²) >= 11 is 0. The van der Waals surface area contributed by atoms with Gasteiger partial charge in [0, 0.05) is 5.92 Å². The first-order valence-electron chi connectivity index (χ1n) is 6.46. The minimum Gasteiger partial charge on any atom is -0.465 e. The maximum Gasteiger partial charge on any atom is 0.315 e. The van der Waals surface area contributed by atoms with Crippen LogP contribution in [0.4, 0.5) is 0 Å². The SMILES string of the molecule is C#C[C@H]1CCC[C@]2(C(=O)OCC)CCC[C@]12O. The molecule has 3 nitrogen and oxygen atoms in total. The van der Waals surface area contributed by atoms with E-state index in [-0.39, 0.29) is 11.9 Å². The molecule has 2 aliphatic carbocycles. The molecule has 2 aliphatic rings. The average molecular weight is 236 g/mol. The highest BCUT2D eigenvalue weighted by atomic mass is 16.5. The number of rotatable bonds is 2. The number of carbonyl (C=O) groups excluding carboxylic acids is 1. The van der Waals surface area contributed by atoms with E-state index in [9.17, 15) is 9.90 Å². The number of aliphatic hydroxyl groups is 1. The topological polar surface area (TPSA) is 46.5 Å². The van der Waals surface area contributed by atoms with Crippen molar-refractivity contribution in [3.8, 4) is 12.3 Å². The molecule has 2 fully saturated rings. The van der Waals surface area contributed by atoms with Crippen molar-refractivity contribution in [1.29, 1.82) is 0 Å². The Balaban J connectivity index is 2.36. The Hall–Kier alpha value is -1.01. The zero-order valence-corrected chi connectivity index (χ0v) is 10.4. The van der Waals surface area contributed by atoms with Gasteiger partial charge in [0.1, 0.15) is 0 Å². The zero-order chi connectivity index (χ0) is 12.5. The van der Waals surface area contributed by atoms with Gasteiger partial charge in [-0.05, 0) is 39.0 Å². The van der Waals surface area contributed by atoms with Crippen molar-refractivity contribution in [1.82, 2.24) is 0 Å². The number of ether oxygens (including phenoxy) is 1. The van der Waals surface area contributed by atoms with Gasteiger partial charge in [0.05, 0.1) is 17.6 Å². The molecule has 0 aromatic carbocycles. The van der Waals surface area contributed by atoms with Gasteiger partial charge in [-0.15, -0.1) is 12.3 Å². The fourth-order valence-electron chi connectivity index (χ4n) is 3.68. The lowest BCUT2D eigenvalue weighted by Crippen LogP contribution is -2.56. The third-order valence-corrected chi connectivity index (χ3v) is 4.53. The molecule has 0 saturated heterocycles. The van der Waals surface area contributed by atoms with Gasteiger partial charge in [0.2, 0.25) is 0 Å². The highest BCUT2D eigenvalue weighted by molar-refractivity contribution is 5.79. The van der Waals surface area contributed by atoms with Crippen molar-refractivity contribution in [2.24, 2.45) is 11.3 Å². The molecule has 0 aromatic rings. The standard InChI is InChI=1S/C14H20O3/c1-3-11-7-5-8-13(12(15)17-4-2)9-6-10-14(11,13)16/h1,11,16H,4-10H2,2H3/t11-,13+,14-/m0/s1. The number of hydrogen-bond donors (Lipinski definition) is 1. The summed E-state index contributed by atoms with van der Waals surface area (Å²) in [5.74, 6) is 2.22. The molecule has 0 bridgehead atoms. The van der Waals surface area contributed by atoms with E-state index in [4.69, 9.17) is 11.2 Å². The number of carbonyl (C=O) groups is 1. The Kier molecular flexibility index (Phi) is 3.18. The maximum absolute atomic E-state index is 12.2. The smallest absolute Gasteiger partial charge is 0.315 e. The number of esters is 1. The lowest BCUT2D eigenvalue weighted by molar-refractivity contribution is -0.182. The Morgan fingerprint density at radius 3 is 2.82 bits per heavy atom. The van der Waals surface area contributed by atoms with Crippen molar-refractivity contribution in [3.63, 3.8) is 0 Å². The molecule has 0 heterocycles. The summed E-state index contributed by atoms with van der Waals surface area (Å²) in [5, 5.41) is 10.9. The third kappa shape index (κ3) is 1.58. The van der Waals surface area contributed by atoms with Gasteiger partial charge in [-0.3, -0.25) is 4.79 Å². The van der Waals surface area contributed by atoms with Crippen LogP contribution in [-0.2, 0) is 9.53 Å². The fraction of sp³-hybridized carbons (Fsp3) is 0.786. The molecule has 17 heavy (non-hydrogen) atoms. The van der Waals surface area contributed by atoms with Crippen LogP contribution in [0.3, 0.4) is 0 Å². The second kappa shape index (κ2) is 4.34. The van der Waals surface area contributed by atoms with Crippen LogP contribution in [0.5, 0.6) is 0 Å². The van der Waals surface area contributed by atoms with Crippen LogP contribution in [0.15, 0.2) is 0 Å². The lowest BCUT2D eigenvalue weighted by atomic mass is 9.60. The van der Waals surface area contributed by atoms with E-state index in [1.165, 1.54) is 0 Å². The Morgan fingerprint density at radius 1 is 1.47 bits per heavy atom. The lowest BCUT2D eigenvalue weighted by Gasteiger charge is -2.47. The summed E-state index contributed by atoms with van der Waals surface area (Å²) in [5.41, 5.74) is -1.77. The van der Waals surface area contributed by atoms with Gasteiger partial charge >= 0.3 is 5.97 Å². The van der Waals surface area contributed by atoms with E-state index in [1.54, 1.807) is 6.92 Å². The second-order valence-electron chi connectivity index (χ2n) is 5.19. The summed E-state index contributed by atoms with van der Waals surface area (Å²) in [7, 11) is 0. The van der Waals surface area contributed by atoms with Crippen molar-refractivity contribution in [2.75, 3.05) is 6.61 Å². The summed E-state index contributed by atoms with van der Waals surface area (Å²) in [6, 6.07) is 0. The molecule has 0 aliphatic heterocycles. The molecule has 1 N–H and O–H groups in total. The van der Waals surface area contributed by atoms with Crippen LogP contribution >= 0.6 is 0 Å². The number of terminal acetylenes is 1. The van der Waals surface area contributed by atoms with Gasteiger partial charge in [-0.1, -0.05) is 6.42 Å². The molecule has 94 valence electrons. The van der Waals surface area contributed by atoms with E-state index in [0.717, 1.165) is 19.3 Å². The van der Waals surface area contributed by atoms with E-state index in [1.807, 2.05) is 0 Å². The zero-order valence-electron chi connectivity index (χ0n) is 10.4. The van der Waals surface area contributed by atoms with Crippen LogP contribution in [0.25, 0.3) is 0 Å². The predicted molar refractivity (Wildman–Crippen MR) is 64.0 cm³/mol. The van der Waals surface area contributed by atoms with Crippen LogP contribution in [0.2, 0.25) is 0 Å². The van der Waals surface area contributed by atoms with Crippen LogP contribution < -0.4 is 0 Å². The molecular weight excluding hydrogens is 216 g/mol. The first-order valence-corrected chi connectivity index (χ1v) is 6.46. The van der Waals surface area contributed by atoms with E-state index < -0.39 is 11.0 Å². The largest absolute Gasteiger partial charge is 0.465 e. The normalized spacial score (nSPS) is 40.4. The van der Waals surface area contributed by atoms with Gasteiger partial charge in [-0.25, -0.2) is 0 Å². The molecule has 0 spiro atoms. The summed E-state index contributed by atoms with van der Waals surface area (Å²) < 4.78 is 5.18. The molecule has 0 amide bonds. The molecule has 3 atom stereocenters. The van der Waals surface area contributed by atoms with Gasteiger partial charge in [0.15, 0.2) is 0 Å². The monoisotopic (exact) mass is 236 g/mol. The molecule has 0 radical (unpaired) electrons. The van der Waals surface area contributed by atoms with Crippen molar-refractivity contribution in [2.45, 2.75) is 51.0 Å². The maximum atomic E-state index is 12.2. The van der Waals surface area contributed by atoms with Crippen LogP contribution in [0.1, 0.15) is 45.4 Å². The Bertz CT molecular complexity index is 357. The minimum atomic E-state index is -1.04. The van der Waals surface area contributed by atoms with Crippen molar-refractivity contribution < 1.29 is 14.6 Å². The number of hydrogen-bond acceptors (Lipinski definition) is 3. The van der Waals surface area contributed by atoms with Crippen LogP contribution in [-0.4, -0.2) is 23.3 Å². The highest BCUT2D eigenvalue weighted by Crippen LogP contribution is 2.57. The van der Waals surface area contributed by atoms with E-state index >= 15 is 0 Å². The summed E-state index contributed by atoms with van der Waals surface area (Å²) in [6.07, 6.45) is 10.1.